The van der Waals surface area contributed by atoms with Crippen LogP contribution in [0.25, 0.3) is 0 Å². The fourth-order valence-corrected chi connectivity index (χ4v) is 0. The van der Waals surface area contributed by atoms with Crippen LogP contribution in [0.4, 0.5) is 0 Å². The van der Waals surface area contributed by atoms with E-state index in [0.29, 0.717) is 0 Å². The van der Waals surface area contributed by atoms with Crippen molar-refractivity contribution in [3.8, 4) is 0 Å². The Kier molecular flexibility index (Phi) is 24.5. The third kappa shape index (κ3) is 103. The van der Waals surface area contributed by atoms with Crippen molar-refractivity contribution in [2.75, 3.05) is 0 Å². The molecule has 0 aliphatic rings. The SMILES string of the molecule is C.ClC(Cl)Cl.N. The van der Waals surface area contributed by atoms with Crippen molar-refractivity contribution in [1.82, 2.24) is 6.15 Å². The van der Waals surface area contributed by atoms with Gasteiger partial charge in [0.05, 0.1) is 0 Å². The van der Waals surface area contributed by atoms with Crippen LogP contribution in [0.3, 0.4) is 0 Å². The predicted octanol–water partition coefficient (Wildman–Crippen LogP) is 2.78. The fourth-order valence-electron chi connectivity index (χ4n) is 0. The summed E-state index contributed by atoms with van der Waals surface area (Å²) in [4.78, 5) is 0. The van der Waals surface area contributed by atoms with Crippen LogP contribution in [0.1, 0.15) is 7.43 Å². The summed E-state index contributed by atoms with van der Waals surface area (Å²) in [6.07, 6.45) is 0. The number of alkyl halides is 3. The lowest BCUT2D eigenvalue weighted by molar-refractivity contribution is 1.96. The van der Waals surface area contributed by atoms with E-state index in [0.717, 1.165) is 0 Å². The van der Waals surface area contributed by atoms with E-state index in [1.807, 2.05) is 0 Å². The zero-order chi connectivity index (χ0) is 3.58. The number of hydrogen-bond donors (Lipinski definition) is 1. The monoisotopic (exact) mass is 151 g/mol. The van der Waals surface area contributed by atoms with E-state index in [-0.39, 0.29) is 13.6 Å². The molecule has 0 bridgehead atoms. The molecule has 1 nitrogen and oxygen atoms in total. The molecule has 3 N–H and O–H groups in total. The van der Waals surface area contributed by atoms with Crippen molar-refractivity contribution in [2.24, 2.45) is 0 Å². The summed E-state index contributed by atoms with van der Waals surface area (Å²) in [5.41, 5.74) is 0. The van der Waals surface area contributed by atoms with Gasteiger partial charge in [0.2, 0.25) is 0 Å². The van der Waals surface area contributed by atoms with Gasteiger partial charge in [0.15, 0.2) is 4.30 Å². The van der Waals surface area contributed by atoms with Gasteiger partial charge < -0.3 is 6.15 Å². The molecule has 4 heteroatoms. The molecule has 0 aromatic carbocycles. The summed E-state index contributed by atoms with van der Waals surface area (Å²) in [6, 6.07) is 0. The van der Waals surface area contributed by atoms with E-state index in [1.54, 1.807) is 0 Å². The van der Waals surface area contributed by atoms with Gasteiger partial charge >= 0.3 is 0 Å². The smallest absolute Gasteiger partial charge is 0.180 e. The van der Waals surface area contributed by atoms with Crippen LogP contribution in [-0.4, -0.2) is 4.30 Å². The summed E-state index contributed by atoms with van der Waals surface area (Å²) in [5.74, 6) is 0. The molecule has 0 saturated heterocycles. The Morgan fingerprint density at radius 1 is 1.00 bits per heavy atom. The number of hydrogen-bond acceptors (Lipinski definition) is 1. The summed E-state index contributed by atoms with van der Waals surface area (Å²) in [7, 11) is 0. The van der Waals surface area contributed by atoms with Crippen molar-refractivity contribution in [3.63, 3.8) is 0 Å². The van der Waals surface area contributed by atoms with Gasteiger partial charge in [-0.15, -0.1) is 0 Å². The minimum absolute atomic E-state index is 0. The van der Waals surface area contributed by atoms with Crippen molar-refractivity contribution < 1.29 is 0 Å². The molecule has 0 rings (SSSR count). The van der Waals surface area contributed by atoms with Crippen molar-refractivity contribution in [2.45, 2.75) is 11.7 Å². The van der Waals surface area contributed by atoms with E-state index >= 15 is 0 Å². The second-order valence-corrected chi connectivity index (χ2v) is 2.23. The summed E-state index contributed by atoms with van der Waals surface area (Å²) < 4.78 is -0.750. The van der Waals surface area contributed by atoms with Crippen molar-refractivity contribution in [3.05, 3.63) is 0 Å². The van der Waals surface area contributed by atoms with Crippen LogP contribution in [-0.2, 0) is 0 Å². The summed E-state index contributed by atoms with van der Waals surface area (Å²) >= 11 is 14.4. The fraction of sp³-hybridized carbons (Fsp3) is 1.00. The molecule has 42 valence electrons. The molecule has 0 fully saturated rings. The molecule has 0 heterocycles. The lowest BCUT2D eigenvalue weighted by Gasteiger charge is -1.69. The highest BCUT2D eigenvalue weighted by Gasteiger charge is 1.78. The maximum absolute atomic E-state index is 4.81. The first-order valence-corrected chi connectivity index (χ1v) is 1.96. The Hall–Kier alpha value is 0.830. The van der Waals surface area contributed by atoms with E-state index in [9.17, 15) is 0 Å². The van der Waals surface area contributed by atoms with Gasteiger partial charge in [-0.25, -0.2) is 0 Å². The molecule has 0 saturated carbocycles. The molecule has 0 aliphatic carbocycles. The first-order chi connectivity index (χ1) is 1.73. The average Bonchev–Trinajstić information content (AvgIpc) is 0.811. The minimum Gasteiger partial charge on any atom is -0.344 e. The molecular formula is C2H8Cl3N. The zero-order valence-corrected chi connectivity index (χ0v) is 4.69. The third-order valence-corrected chi connectivity index (χ3v) is 0. The van der Waals surface area contributed by atoms with Gasteiger partial charge in [-0.2, -0.15) is 0 Å². The molecule has 0 aromatic rings. The molecule has 0 spiro atoms. The standard InChI is InChI=1S/CHCl3.CH4.H3N/c2-1(3)4;;/h1H;1H4;1H3. The average molecular weight is 152 g/mol. The predicted molar refractivity (Wildman–Crippen MR) is 33.1 cm³/mol. The first-order valence-electron chi connectivity index (χ1n) is 0.655. The second-order valence-electron chi connectivity index (χ2n) is 0.247. The van der Waals surface area contributed by atoms with Gasteiger partial charge in [0.25, 0.3) is 0 Å². The molecule has 0 unspecified atom stereocenters. The second kappa shape index (κ2) is 9.27. The maximum Gasteiger partial charge on any atom is 0.180 e. The Morgan fingerprint density at radius 2 is 1.00 bits per heavy atom. The molecule has 0 radical (unpaired) electrons. The van der Waals surface area contributed by atoms with Gasteiger partial charge in [0.1, 0.15) is 0 Å². The van der Waals surface area contributed by atoms with E-state index in [2.05, 4.69) is 0 Å². The van der Waals surface area contributed by atoms with Gasteiger partial charge in [0, 0.05) is 0 Å². The molecule has 0 aliphatic heterocycles. The van der Waals surface area contributed by atoms with Crippen LogP contribution < -0.4 is 6.15 Å². The summed E-state index contributed by atoms with van der Waals surface area (Å²) in [6.45, 7) is 0. The van der Waals surface area contributed by atoms with Gasteiger partial charge in [-0.05, 0) is 0 Å². The molecule has 0 atom stereocenters. The van der Waals surface area contributed by atoms with E-state index in [1.165, 1.54) is 0 Å². The highest BCUT2D eigenvalue weighted by Crippen LogP contribution is 2.03. The highest BCUT2D eigenvalue weighted by molar-refractivity contribution is 6.63. The highest BCUT2D eigenvalue weighted by atomic mass is 35.6. The molecule has 6 heavy (non-hydrogen) atoms. The lowest BCUT2D eigenvalue weighted by atomic mass is 11.9. The first kappa shape index (κ1) is 15.8. The largest absolute Gasteiger partial charge is 0.344 e. The van der Waals surface area contributed by atoms with Crippen molar-refractivity contribution >= 4 is 34.8 Å². The van der Waals surface area contributed by atoms with Crippen LogP contribution in [0, 0.1) is 0 Å². The topological polar surface area (TPSA) is 35.0 Å². The van der Waals surface area contributed by atoms with Gasteiger partial charge in [-0.3, -0.25) is 0 Å². The molecular weight excluding hydrogens is 144 g/mol. The van der Waals surface area contributed by atoms with Crippen molar-refractivity contribution in [1.29, 1.82) is 0 Å². The van der Waals surface area contributed by atoms with Crippen LogP contribution in [0.15, 0.2) is 0 Å². The normalized spacial score (nSPS) is 6.00. The van der Waals surface area contributed by atoms with Crippen LogP contribution in [0.5, 0.6) is 0 Å². The third-order valence-electron chi connectivity index (χ3n) is 0. The molecule has 0 aromatic heterocycles. The quantitative estimate of drug-likeness (QED) is 0.532. The number of halogens is 3. The van der Waals surface area contributed by atoms with Crippen LogP contribution in [0.2, 0.25) is 0 Å². The number of rotatable bonds is 0. The van der Waals surface area contributed by atoms with E-state index < -0.39 is 4.30 Å². The Morgan fingerprint density at radius 3 is 1.00 bits per heavy atom. The Bertz CT molecular complexity index is 13.5. The van der Waals surface area contributed by atoms with Gasteiger partial charge in [-0.1, -0.05) is 42.2 Å². The lowest BCUT2D eigenvalue weighted by Crippen LogP contribution is -1.55. The van der Waals surface area contributed by atoms with Crippen LogP contribution >= 0.6 is 34.8 Å². The minimum atomic E-state index is -0.750. The maximum atomic E-state index is 4.81. The Labute approximate surface area is 53.2 Å². The zero-order valence-electron chi connectivity index (χ0n) is 2.42. The molecule has 0 amide bonds. The van der Waals surface area contributed by atoms with E-state index in [4.69, 9.17) is 34.8 Å². The Balaban J connectivity index is -0.0000000450. The summed E-state index contributed by atoms with van der Waals surface area (Å²) in [5, 5.41) is 0.